The van der Waals surface area contributed by atoms with Gasteiger partial charge in [0.05, 0.1) is 0 Å². The zero-order valence-electron chi connectivity index (χ0n) is 5.88. The van der Waals surface area contributed by atoms with Gasteiger partial charge in [0.2, 0.25) is 0 Å². The van der Waals surface area contributed by atoms with Gasteiger partial charge in [0, 0.05) is 0 Å². The summed E-state index contributed by atoms with van der Waals surface area (Å²) >= 11 is -3.93. The van der Waals surface area contributed by atoms with Crippen molar-refractivity contribution in [2.75, 3.05) is 0 Å². The molecule has 0 unspecified atom stereocenters. The second kappa shape index (κ2) is 3.64. The molecule has 1 N–H and O–H groups in total. The van der Waals surface area contributed by atoms with Crippen LogP contribution in [0.25, 0.3) is 0 Å². The molecule has 0 aromatic carbocycles. The van der Waals surface area contributed by atoms with Gasteiger partial charge in [-0.15, -0.1) is 0 Å². The van der Waals surface area contributed by atoms with E-state index in [2.05, 4.69) is 8.56 Å². The average Bonchev–Trinajstić information content (AvgIpc) is 2.31. The van der Waals surface area contributed by atoms with E-state index in [1.165, 1.54) is 0 Å². The summed E-state index contributed by atoms with van der Waals surface area (Å²) in [5, 5.41) is 8.05. The van der Waals surface area contributed by atoms with Gasteiger partial charge in [-0.1, -0.05) is 0 Å². The maximum absolute atomic E-state index is 10.4. The molecule has 13 heavy (non-hydrogen) atoms. The first-order valence-corrected chi connectivity index (χ1v) is 6.90. The molecule has 1 saturated heterocycles. The van der Waals surface area contributed by atoms with Gasteiger partial charge in [-0.25, -0.2) is 0 Å². The molecule has 1 rings (SSSR count). The minimum absolute atomic E-state index is 1.25. The fraction of sp³-hybridized carbons (Fsp3) is 0. The van der Waals surface area contributed by atoms with Crippen molar-refractivity contribution in [2.24, 2.45) is 0 Å². The summed E-state index contributed by atoms with van der Waals surface area (Å²) in [6.07, 6.45) is 0. The van der Waals surface area contributed by atoms with Crippen LogP contribution in [-0.2, 0) is 27.7 Å². The van der Waals surface area contributed by atoms with E-state index in [1.807, 2.05) is 0 Å². The number of hydrogen-bond donors (Lipinski definition) is 1. The number of rotatable bonds is 1. The first kappa shape index (κ1) is 9.84. The van der Waals surface area contributed by atoms with E-state index in [1.54, 1.807) is 0 Å². The Morgan fingerprint density at radius 2 is 1.69 bits per heavy atom. The molecule has 0 aliphatic carbocycles. The third-order valence-corrected chi connectivity index (χ3v) is 4.43. The molecule has 68 valence electrons. The van der Waals surface area contributed by atoms with Crippen LogP contribution >= 0.6 is 0 Å². The van der Waals surface area contributed by atoms with Crippen LogP contribution in [0.1, 0.15) is 0 Å². The normalized spacial score (nSPS) is 14.9. The summed E-state index contributed by atoms with van der Waals surface area (Å²) < 4.78 is 12.5. The van der Waals surface area contributed by atoms with Gasteiger partial charge in [0.1, 0.15) is 0 Å². The number of aliphatic carboxylic acids is 1. The Kier molecular flexibility index (Phi) is 2.76. The first-order valence-electron chi connectivity index (χ1n) is 2.86. The van der Waals surface area contributed by atoms with Crippen LogP contribution in [0.5, 0.6) is 0 Å². The Hall–Kier alpha value is -1.25. The van der Waals surface area contributed by atoms with Crippen LogP contribution in [0.2, 0.25) is 0 Å². The fourth-order valence-corrected chi connectivity index (χ4v) is 3.23. The Bertz CT molecular complexity index is 279. The summed E-state index contributed by atoms with van der Waals surface area (Å²) in [5.41, 5.74) is 0. The van der Waals surface area contributed by atoms with Crippen molar-refractivity contribution in [1.82, 2.24) is 0 Å². The van der Waals surface area contributed by atoms with Gasteiger partial charge in [-0.2, -0.15) is 0 Å². The van der Waals surface area contributed by atoms with Crippen LogP contribution in [0.3, 0.4) is 0 Å². The Labute approximate surface area is 79.7 Å². The Balaban J connectivity index is 2.49. The zero-order valence-corrected chi connectivity index (χ0v) is 9.18. The van der Waals surface area contributed by atoms with Crippen molar-refractivity contribution in [2.45, 2.75) is 0 Å². The molecule has 1 aliphatic heterocycles. The summed E-state index contributed by atoms with van der Waals surface area (Å²) in [7, 11) is 0. The molecule has 0 spiro atoms. The predicted molar refractivity (Wildman–Crippen MR) is 31.7 cm³/mol. The molecule has 1 aliphatic rings. The maximum atomic E-state index is 10.4. The molecule has 0 amide bonds. The van der Waals surface area contributed by atoms with Gasteiger partial charge in [-0.3, -0.25) is 0 Å². The zero-order chi connectivity index (χ0) is 10.0. The summed E-state index contributed by atoms with van der Waals surface area (Å²) in [5.74, 6) is -5.93. The third kappa shape index (κ3) is 2.34. The first-order chi connectivity index (χ1) is 6.00. The van der Waals surface area contributed by atoms with Crippen molar-refractivity contribution in [3.05, 3.63) is 0 Å². The standard InChI is InChI=1S/2C2H2O4.In/c2*3-1(4)2(5)6;/h2*(H,3,4)(H,5,6);/q;;+3/p-3. The van der Waals surface area contributed by atoms with Crippen molar-refractivity contribution in [1.29, 1.82) is 0 Å². The van der Waals surface area contributed by atoms with Crippen LogP contribution in [0.15, 0.2) is 0 Å². The molecule has 0 radical (unpaired) electrons. The molecule has 0 atom stereocenters. The molecule has 0 aromatic heterocycles. The monoisotopic (exact) mass is 292 g/mol. The second-order valence-electron chi connectivity index (χ2n) is 1.81. The van der Waals surface area contributed by atoms with Crippen LogP contribution in [0.4, 0.5) is 0 Å². The molecule has 0 bridgehead atoms. The topological polar surface area (TPSA) is 116 Å². The van der Waals surface area contributed by atoms with E-state index < -0.39 is 46.6 Å². The van der Waals surface area contributed by atoms with Gasteiger partial charge < -0.3 is 0 Å². The fourth-order valence-electron chi connectivity index (χ4n) is 0.481. The number of carboxylic acid groups (broad SMARTS) is 1. The van der Waals surface area contributed by atoms with Crippen LogP contribution in [0, 0.1) is 0 Å². The Morgan fingerprint density at radius 3 is 2.08 bits per heavy atom. The van der Waals surface area contributed by atoms with Crippen molar-refractivity contribution in [3.8, 4) is 0 Å². The van der Waals surface area contributed by atoms with Crippen LogP contribution < -0.4 is 0 Å². The minimum atomic E-state index is -3.93. The molecule has 0 saturated carbocycles. The molecule has 9 heteroatoms. The van der Waals surface area contributed by atoms with Crippen molar-refractivity contribution in [3.63, 3.8) is 0 Å². The molecule has 8 nitrogen and oxygen atoms in total. The predicted octanol–water partition coefficient (Wildman–Crippen LogP) is -2.30. The van der Waals surface area contributed by atoms with Gasteiger partial charge >= 0.3 is 79.5 Å². The van der Waals surface area contributed by atoms with E-state index in [0.29, 0.717) is 0 Å². The third-order valence-electron chi connectivity index (χ3n) is 0.951. The SMILES string of the molecule is O=C(O)C(=O)[O][In]1[O]C(=O)C(=O)[O]1. The molecule has 1 heterocycles. The number of carbonyl (C=O) groups is 4. The summed E-state index contributed by atoms with van der Waals surface area (Å²) in [6.45, 7) is 0. The van der Waals surface area contributed by atoms with E-state index in [9.17, 15) is 19.2 Å². The number of carbonyl (C=O) groups excluding carboxylic acids is 3. The second-order valence-corrected chi connectivity index (χ2v) is 5.48. The Morgan fingerprint density at radius 1 is 1.23 bits per heavy atom. The summed E-state index contributed by atoms with van der Waals surface area (Å²) in [6, 6.07) is 0. The van der Waals surface area contributed by atoms with E-state index in [4.69, 9.17) is 5.11 Å². The van der Waals surface area contributed by atoms with Crippen molar-refractivity contribution < 1.29 is 32.8 Å². The molecule has 0 aromatic rings. The van der Waals surface area contributed by atoms with E-state index in [-0.39, 0.29) is 0 Å². The van der Waals surface area contributed by atoms with Gasteiger partial charge in [0.25, 0.3) is 0 Å². The molecular formula is C4HInO8. The summed E-state index contributed by atoms with van der Waals surface area (Å²) in [4.78, 5) is 41.0. The average molecular weight is 292 g/mol. The number of carboxylic acids is 1. The van der Waals surface area contributed by atoms with Crippen LogP contribution in [-0.4, -0.2) is 51.7 Å². The quantitative estimate of drug-likeness (QED) is 0.536. The van der Waals surface area contributed by atoms with Gasteiger partial charge in [-0.05, 0) is 0 Å². The van der Waals surface area contributed by atoms with Crippen molar-refractivity contribution >= 4 is 46.6 Å². The van der Waals surface area contributed by atoms with E-state index in [0.717, 1.165) is 0 Å². The molecular weight excluding hydrogens is 291 g/mol. The van der Waals surface area contributed by atoms with E-state index >= 15 is 0 Å². The number of hydrogen-bond acceptors (Lipinski definition) is 7. The molecule has 1 fully saturated rings. The van der Waals surface area contributed by atoms with Gasteiger partial charge in [0.15, 0.2) is 0 Å².